The van der Waals surface area contributed by atoms with Crippen LogP contribution in [-0.2, 0) is 22.2 Å². The smallest absolute Gasteiger partial charge is 0.244 e. The Morgan fingerprint density at radius 3 is 2.07 bits per heavy atom. The third-order valence-electron chi connectivity index (χ3n) is 4.78. The third kappa shape index (κ3) is 5.37. The van der Waals surface area contributed by atoms with Crippen molar-refractivity contribution in [3.05, 3.63) is 102 Å². The maximum Gasteiger partial charge on any atom is 0.244 e. The van der Waals surface area contributed by atoms with Crippen molar-refractivity contribution in [1.82, 2.24) is 4.31 Å². The molecule has 30 heavy (non-hydrogen) atoms. The van der Waals surface area contributed by atoms with E-state index in [9.17, 15) is 13.5 Å². The van der Waals surface area contributed by atoms with Crippen LogP contribution < -0.4 is 0 Å². The van der Waals surface area contributed by atoms with E-state index in [1.54, 1.807) is 43.3 Å². The Labute approximate surface area is 178 Å². The maximum absolute atomic E-state index is 13.3. The molecule has 3 rings (SSSR count). The molecule has 0 saturated heterocycles. The molecular weight excluding hydrogens is 394 g/mol. The van der Waals surface area contributed by atoms with E-state index in [4.69, 9.17) is 0 Å². The molecule has 1 atom stereocenters. The summed E-state index contributed by atoms with van der Waals surface area (Å²) >= 11 is 0. The monoisotopic (exact) mass is 419 g/mol. The lowest BCUT2D eigenvalue weighted by Crippen LogP contribution is -2.31. The van der Waals surface area contributed by atoms with Crippen molar-refractivity contribution in [2.75, 3.05) is 6.54 Å². The topological polar surface area (TPSA) is 57.6 Å². The van der Waals surface area contributed by atoms with Gasteiger partial charge in [-0.25, -0.2) is 8.42 Å². The molecule has 0 spiro atoms. The highest BCUT2D eigenvalue weighted by atomic mass is 32.2. The minimum absolute atomic E-state index is 0.0336. The van der Waals surface area contributed by atoms with Crippen molar-refractivity contribution >= 4 is 10.0 Å². The van der Waals surface area contributed by atoms with Gasteiger partial charge >= 0.3 is 0 Å². The molecule has 0 aliphatic rings. The lowest BCUT2D eigenvalue weighted by atomic mass is 9.97. The van der Waals surface area contributed by atoms with E-state index in [-0.39, 0.29) is 18.0 Å². The summed E-state index contributed by atoms with van der Waals surface area (Å²) in [6, 6.07) is 25.3. The summed E-state index contributed by atoms with van der Waals surface area (Å²) in [5.74, 6) is 5.70. The quantitative estimate of drug-likeness (QED) is 0.612. The molecule has 0 heterocycles. The van der Waals surface area contributed by atoms with Gasteiger partial charge in [-0.05, 0) is 37.1 Å². The number of aryl methyl sites for hydroxylation is 1. The van der Waals surface area contributed by atoms with Gasteiger partial charge in [-0.15, -0.1) is 0 Å². The molecule has 1 unspecified atom stereocenters. The first-order chi connectivity index (χ1) is 14.3. The Morgan fingerprint density at radius 1 is 0.900 bits per heavy atom. The summed E-state index contributed by atoms with van der Waals surface area (Å²) in [6.45, 7) is 3.67. The van der Waals surface area contributed by atoms with Crippen molar-refractivity contribution in [3.8, 4) is 11.8 Å². The summed E-state index contributed by atoms with van der Waals surface area (Å²) < 4.78 is 27.9. The predicted octanol–water partition coefficient (Wildman–Crippen LogP) is 4.10. The molecule has 5 heteroatoms. The van der Waals surface area contributed by atoms with E-state index in [0.717, 1.165) is 11.1 Å². The van der Waals surface area contributed by atoms with E-state index in [1.165, 1.54) is 4.31 Å². The minimum atomic E-state index is -3.75. The fraction of sp³-hybridized carbons (Fsp3) is 0.200. The van der Waals surface area contributed by atoms with Crippen LogP contribution in [0, 0.1) is 18.8 Å². The van der Waals surface area contributed by atoms with Gasteiger partial charge in [0.1, 0.15) is 5.60 Å². The highest BCUT2D eigenvalue weighted by Gasteiger charge is 2.25. The van der Waals surface area contributed by atoms with Gasteiger partial charge in [-0.1, -0.05) is 90.2 Å². The van der Waals surface area contributed by atoms with Crippen molar-refractivity contribution in [3.63, 3.8) is 0 Å². The van der Waals surface area contributed by atoms with Crippen molar-refractivity contribution < 1.29 is 13.5 Å². The molecule has 0 bridgehead atoms. The Hall–Kier alpha value is -2.91. The SMILES string of the molecule is Cc1ccc(S(=O)(=O)N(CC#CC(C)(O)c2ccccc2)Cc2ccccc2)cc1. The van der Waals surface area contributed by atoms with Crippen LogP contribution in [0.25, 0.3) is 0 Å². The zero-order valence-electron chi connectivity index (χ0n) is 17.1. The normalized spacial score (nSPS) is 13.3. The molecule has 1 N–H and O–H groups in total. The van der Waals surface area contributed by atoms with Gasteiger partial charge in [0.2, 0.25) is 10.0 Å². The number of benzene rings is 3. The number of hydrogen-bond donors (Lipinski definition) is 1. The second-order valence-electron chi connectivity index (χ2n) is 7.31. The molecule has 154 valence electrons. The maximum atomic E-state index is 13.3. The minimum Gasteiger partial charge on any atom is -0.374 e. The highest BCUT2D eigenvalue weighted by molar-refractivity contribution is 7.89. The molecule has 0 aliphatic heterocycles. The molecule has 0 aliphatic carbocycles. The van der Waals surface area contributed by atoms with Crippen LogP contribution in [0.2, 0.25) is 0 Å². The zero-order valence-corrected chi connectivity index (χ0v) is 17.9. The van der Waals surface area contributed by atoms with Crippen LogP contribution >= 0.6 is 0 Å². The summed E-state index contributed by atoms with van der Waals surface area (Å²) in [4.78, 5) is 0.223. The summed E-state index contributed by atoms with van der Waals surface area (Å²) in [6.07, 6.45) is 0. The van der Waals surface area contributed by atoms with Crippen molar-refractivity contribution in [1.29, 1.82) is 0 Å². The van der Waals surface area contributed by atoms with Crippen LogP contribution in [0.3, 0.4) is 0 Å². The van der Waals surface area contributed by atoms with Crippen LogP contribution in [0.1, 0.15) is 23.6 Å². The van der Waals surface area contributed by atoms with Crippen LogP contribution in [0.15, 0.2) is 89.8 Å². The number of nitrogens with zero attached hydrogens (tertiary/aromatic N) is 1. The summed E-state index contributed by atoms with van der Waals surface area (Å²) in [5.41, 5.74) is 1.15. The lowest BCUT2D eigenvalue weighted by Gasteiger charge is -2.21. The molecule has 0 radical (unpaired) electrons. The summed E-state index contributed by atoms with van der Waals surface area (Å²) in [7, 11) is -3.75. The molecule has 0 fully saturated rings. The third-order valence-corrected chi connectivity index (χ3v) is 6.59. The van der Waals surface area contributed by atoms with E-state index < -0.39 is 15.6 Å². The van der Waals surface area contributed by atoms with Gasteiger partial charge in [-0.3, -0.25) is 0 Å². The Morgan fingerprint density at radius 2 is 1.47 bits per heavy atom. The van der Waals surface area contributed by atoms with Crippen molar-refractivity contribution in [2.45, 2.75) is 30.9 Å². The van der Waals surface area contributed by atoms with Crippen LogP contribution in [0.4, 0.5) is 0 Å². The first-order valence-corrected chi connectivity index (χ1v) is 11.1. The van der Waals surface area contributed by atoms with Gasteiger partial charge in [0.25, 0.3) is 0 Å². The first-order valence-electron chi connectivity index (χ1n) is 9.68. The molecule has 3 aromatic rings. The second-order valence-corrected chi connectivity index (χ2v) is 9.25. The zero-order chi connectivity index (χ0) is 21.6. The lowest BCUT2D eigenvalue weighted by molar-refractivity contribution is 0.122. The van der Waals surface area contributed by atoms with Gasteiger partial charge < -0.3 is 5.11 Å². The molecular formula is C25H25NO3S. The predicted molar refractivity (Wildman–Crippen MR) is 119 cm³/mol. The standard InChI is InChI=1S/C25H25NO3S/c1-21-14-16-24(17-15-21)30(28,29)26(20-22-10-5-3-6-11-22)19-9-18-25(2,27)23-12-7-4-8-13-23/h3-8,10-17,27H,19-20H2,1-2H3. The van der Waals surface area contributed by atoms with E-state index >= 15 is 0 Å². The van der Waals surface area contributed by atoms with E-state index in [2.05, 4.69) is 11.8 Å². The first kappa shape index (κ1) is 21.8. The largest absolute Gasteiger partial charge is 0.374 e. The summed E-state index contributed by atoms with van der Waals surface area (Å²) in [5, 5.41) is 10.7. The fourth-order valence-corrected chi connectivity index (χ4v) is 4.34. The number of rotatable bonds is 6. The van der Waals surface area contributed by atoms with Gasteiger partial charge in [-0.2, -0.15) is 4.31 Å². The van der Waals surface area contributed by atoms with Gasteiger partial charge in [0, 0.05) is 6.54 Å². The fourth-order valence-electron chi connectivity index (χ4n) is 3.01. The average Bonchev–Trinajstić information content (AvgIpc) is 2.74. The van der Waals surface area contributed by atoms with Crippen LogP contribution in [-0.4, -0.2) is 24.4 Å². The van der Waals surface area contributed by atoms with E-state index in [1.807, 2.05) is 55.5 Å². The highest BCUT2D eigenvalue weighted by Crippen LogP contribution is 2.21. The number of aliphatic hydroxyl groups is 1. The average molecular weight is 420 g/mol. The van der Waals surface area contributed by atoms with Crippen molar-refractivity contribution in [2.24, 2.45) is 0 Å². The molecule has 0 amide bonds. The molecule has 0 saturated carbocycles. The van der Waals surface area contributed by atoms with E-state index in [0.29, 0.717) is 5.56 Å². The Kier molecular flexibility index (Phi) is 6.73. The number of hydrogen-bond acceptors (Lipinski definition) is 3. The number of sulfonamides is 1. The van der Waals surface area contributed by atoms with Gasteiger partial charge in [0.05, 0.1) is 11.4 Å². The molecule has 4 nitrogen and oxygen atoms in total. The Bertz CT molecular complexity index is 1130. The Balaban J connectivity index is 1.90. The molecule has 0 aromatic heterocycles. The van der Waals surface area contributed by atoms with Crippen LogP contribution in [0.5, 0.6) is 0 Å². The second kappa shape index (κ2) is 9.27. The molecule has 3 aromatic carbocycles. The van der Waals surface area contributed by atoms with Gasteiger partial charge in [0.15, 0.2) is 0 Å².